The van der Waals surface area contributed by atoms with E-state index in [4.69, 9.17) is 4.74 Å². The van der Waals surface area contributed by atoms with E-state index in [0.717, 1.165) is 17.2 Å². The molecule has 2 aromatic heterocycles. The predicted octanol–water partition coefficient (Wildman–Crippen LogP) is 2.88. The van der Waals surface area contributed by atoms with Crippen molar-refractivity contribution < 1.29 is 9.53 Å². The number of aromatic nitrogens is 3. The normalized spacial score (nSPS) is 10.7. The Morgan fingerprint density at radius 2 is 2.10 bits per heavy atom. The van der Waals surface area contributed by atoms with E-state index in [0.29, 0.717) is 22.9 Å². The molecule has 2 heterocycles. The molecule has 0 saturated carbocycles. The molecule has 0 atom stereocenters. The molecule has 3 rings (SSSR count). The van der Waals surface area contributed by atoms with Gasteiger partial charge < -0.3 is 4.74 Å². The van der Waals surface area contributed by atoms with Crippen LogP contribution in [0.2, 0.25) is 0 Å². The Hall–Kier alpha value is -2.69. The lowest BCUT2D eigenvalue weighted by molar-refractivity contribution is 0.112. The highest BCUT2D eigenvalue weighted by Crippen LogP contribution is 2.30. The number of ether oxygens (including phenoxy) is 1. The standard InChI is InChI=1S/C15H13N3O2/c1-10-12(9-19)15(18(2)17-10)20-14-7-3-6-13-11(14)5-4-8-16-13/h3-9H,1-2H3. The van der Waals surface area contributed by atoms with Crippen LogP contribution >= 0.6 is 0 Å². The molecule has 0 unspecified atom stereocenters. The molecular formula is C15H13N3O2. The first-order valence-corrected chi connectivity index (χ1v) is 6.21. The Morgan fingerprint density at radius 1 is 1.25 bits per heavy atom. The zero-order valence-corrected chi connectivity index (χ0v) is 11.2. The molecule has 5 nitrogen and oxygen atoms in total. The lowest BCUT2D eigenvalue weighted by atomic mass is 10.2. The summed E-state index contributed by atoms with van der Waals surface area (Å²) >= 11 is 0. The van der Waals surface area contributed by atoms with Gasteiger partial charge in [-0.3, -0.25) is 9.78 Å². The van der Waals surface area contributed by atoms with Crippen molar-refractivity contribution >= 4 is 17.2 Å². The van der Waals surface area contributed by atoms with E-state index in [1.807, 2.05) is 30.3 Å². The van der Waals surface area contributed by atoms with Gasteiger partial charge in [0.25, 0.3) is 0 Å². The maximum Gasteiger partial charge on any atom is 0.228 e. The number of aryl methyl sites for hydroxylation is 2. The van der Waals surface area contributed by atoms with Gasteiger partial charge in [-0.05, 0) is 31.2 Å². The molecule has 3 aromatic rings. The third kappa shape index (κ3) is 1.93. The minimum Gasteiger partial charge on any atom is -0.438 e. The molecule has 0 saturated heterocycles. The smallest absolute Gasteiger partial charge is 0.228 e. The molecule has 1 aromatic carbocycles. The Bertz CT molecular complexity index is 788. The van der Waals surface area contributed by atoms with Gasteiger partial charge in [-0.25, -0.2) is 4.68 Å². The van der Waals surface area contributed by atoms with Crippen LogP contribution in [0, 0.1) is 6.92 Å². The van der Waals surface area contributed by atoms with Crippen LogP contribution in [0.25, 0.3) is 10.9 Å². The van der Waals surface area contributed by atoms with Crippen molar-refractivity contribution in [2.45, 2.75) is 6.92 Å². The van der Waals surface area contributed by atoms with Gasteiger partial charge >= 0.3 is 0 Å². The Labute approximate surface area is 115 Å². The molecule has 0 aliphatic rings. The van der Waals surface area contributed by atoms with Gasteiger partial charge in [0.05, 0.1) is 16.8 Å². The summed E-state index contributed by atoms with van der Waals surface area (Å²) in [5.74, 6) is 1.09. The topological polar surface area (TPSA) is 57.0 Å². The molecule has 0 fully saturated rings. The Kier molecular flexibility index (Phi) is 2.95. The summed E-state index contributed by atoms with van der Waals surface area (Å²) in [6, 6.07) is 9.42. The summed E-state index contributed by atoms with van der Waals surface area (Å²) in [6.45, 7) is 1.78. The van der Waals surface area contributed by atoms with E-state index in [1.165, 1.54) is 0 Å². The van der Waals surface area contributed by atoms with Crippen LogP contribution in [-0.2, 0) is 7.05 Å². The zero-order chi connectivity index (χ0) is 14.1. The van der Waals surface area contributed by atoms with Gasteiger partial charge in [0.15, 0.2) is 6.29 Å². The summed E-state index contributed by atoms with van der Waals surface area (Å²) in [6.07, 6.45) is 2.50. The van der Waals surface area contributed by atoms with Crippen molar-refractivity contribution in [3.8, 4) is 11.6 Å². The number of rotatable bonds is 3. The number of carbonyl (C=O) groups is 1. The average molecular weight is 267 g/mol. The first-order valence-electron chi connectivity index (χ1n) is 6.21. The lowest BCUT2D eigenvalue weighted by Gasteiger charge is -2.09. The lowest BCUT2D eigenvalue weighted by Crippen LogP contribution is -1.97. The molecule has 0 N–H and O–H groups in total. The molecule has 0 radical (unpaired) electrons. The van der Waals surface area contributed by atoms with E-state index in [2.05, 4.69) is 10.1 Å². The molecular weight excluding hydrogens is 254 g/mol. The van der Waals surface area contributed by atoms with E-state index in [-0.39, 0.29) is 0 Å². The zero-order valence-electron chi connectivity index (χ0n) is 11.2. The van der Waals surface area contributed by atoms with Gasteiger partial charge in [-0.15, -0.1) is 0 Å². The fourth-order valence-corrected chi connectivity index (χ4v) is 2.18. The first kappa shape index (κ1) is 12.3. The van der Waals surface area contributed by atoms with E-state index >= 15 is 0 Å². The van der Waals surface area contributed by atoms with Gasteiger partial charge in [0, 0.05) is 18.6 Å². The fraction of sp³-hybridized carbons (Fsp3) is 0.133. The number of hydrogen-bond acceptors (Lipinski definition) is 4. The monoisotopic (exact) mass is 267 g/mol. The second-order valence-corrected chi connectivity index (χ2v) is 4.47. The number of pyridine rings is 1. The minimum absolute atomic E-state index is 0.439. The summed E-state index contributed by atoms with van der Waals surface area (Å²) in [7, 11) is 1.75. The number of fused-ring (bicyclic) bond motifs is 1. The van der Waals surface area contributed by atoms with Crippen molar-refractivity contribution in [2.24, 2.45) is 7.05 Å². The van der Waals surface area contributed by atoms with Crippen molar-refractivity contribution in [3.05, 3.63) is 47.8 Å². The van der Waals surface area contributed by atoms with Gasteiger partial charge in [-0.1, -0.05) is 6.07 Å². The maximum absolute atomic E-state index is 11.2. The predicted molar refractivity (Wildman–Crippen MR) is 75.1 cm³/mol. The minimum atomic E-state index is 0.439. The third-order valence-corrected chi connectivity index (χ3v) is 3.14. The van der Waals surface area contributed by atoms with E-state index in [9.17, 15) is 4.79 Å². The van der Waals surface area contributed by atoms with Crippen LogP contribution in [0.3, 0.4) is 0 Å². The average Bonchev–Trinajstić information content (AvgIpc) is 2.73. The summed E-state index contributed by atoms with van der Waals surface area (Å²) in [5.41, 5.74) is 1.96. The van der Waals surface area contributed by atoms with Crippen molar-refractivity contribution in [2.75, 3.05) is 0 Å². The number of benzene rings is 1. The number of hydrogen-bond donors (Lipinski definition) is 0. The summed E-state index contributed by atoms with van der Waals surface area (Å²) < 4.78 is 7.46. The molecule has 100 valence electrons. The van der Waals surface area contributed by atoms with E-state index < -0.39 is 0 Å². The van der Waals surface area contributed by atoms with Crippen LogP contribution < -0.4 is 4.74 Å². The van der Waals surface area contributed by atoms with Crippen molar-refractivity contribution in [1.82, 2.24) is 14.8 Å². The third-order valence-electron chi connectivity index (χ3n) is 3.14. The second kappa shape index (κ2) is 4.77. The highest BCUT2D eigenvalue weighted by atomic mass is 16.5. The number of carbonyl (C=O) groups excluding carboxylic acids is 1. The molecule has 0 spiro atoms. The number of nitrogens with zero attached hydrogens (tertiary/aromatic N) is 3. The molecule has 5 heteroatoms. The highest BCUT2D eigenvalue weighted by molar-refractivity contribution is 5.86. The second-order valence-electron chi connectivity index (χ2n) is 4.47. The molecule has 20 heavy (non-hydrogen) atoms. The summed E-state index contributed by atoms with van der Waals surface area (Å²) in [5, 5.41) is 5.10. The highest BCUT2D eigenvalue weighted by Gasteiger charge is 2.15. The first-order chi connectivity index (χ1) is 9.70. The van der Waals surface area contributed by atoms with Gasteiger partial charge in [0.1, 0.15) is 5.75 Å². The largest absolute Gasteiger partial charge is 0.438 e. The van der Waals surface area contributed by atoms with Crippen LogP contribution in [0.5, 0.6) is 11.6 Å². The molecule has 0 aliphatic carbocycles. The van der Waals surface area contributed by atoms with Gasteiger partial charge in [0.2, 0.25) is 5.88 Å². The number of aldehydes is 1. The van der Waals surface area contributed by atoms with Crippen LogP contribution in [0.1, 0.15) is 16.1 Å². The van der Waals surface area contributed by atoms with Crippen molar-refractivity contribution in [1.29, 1.82) is 0 Å². The van der Waals surface area contributed by atoms with Crippen LogP contribution in [0.4, 0.5) is 0 Å². The quantitative estimate of drug-likeness (QED) is 0.685. The Balaban J connectivity index is 2.12. The molecule has 0 amide bonds. The maximum atomic E-state index is 11.2. The van der Waals surface area contributed by atoms with Crippen LogP contribution in [-0.4, -0.2) is 21.1 Å². The molecule has 0 aliphatic heterocycles. The SMILES string of the molecule is Cc1nn(C)c(Oc2cccc3ncccc23)c1C=O. The molecule has 0 bridgehead atoms. The fourth-order valence-electron chi connectivity index (χ4n) is 2.18. The Morgan fingerprint density at radius 3 is 2.90 bits per heavy atom. The van der Waals surface area contributed by atoms with Gasteiger partial charge in [-0.2, -0.15) is 5.10 Å². The van der Waals surface area contributed by atoms with Crippen LogP contribution in [0.15, 0.2) is 36.5 Å². The van der Waals surface area contributed by atoms with Crippen molar-refractivity contribution in [3.63, 3.8) is 0 Å². The van der Waals surface area contributed by atoms with E-state index in [1.54, 1.807) is 24.9 Å². The summed E-state index contributed by atoms with van der Waals surface area (Å²) in [4.78, 5) is 15.5.